The molecule has 0 atom stereocenters. The molecule has 1 N–H and O–H groups in total. The van der Waals surface area contributed by atoms with Crippen LogP contribution in [-0.4, -0.2) is 17.4 Å². The Bertz CT molecular complexity index is 511. The van der Waals surface area contributed by atoms with Gasteiger partial charge in [0, 0.05) is 28.1 Å². The molecule has 0 aliphatic carbocycles. The van der Waals surface area contributed by atoms with E-state index < -0.39 is 0 Å². The summed E-state index contributed by atoms with van der Waals surface area (Å²) in [5, 5.41) is 2.91. The first kappa shape index (κ1) is 13.0. The predicted octanol–water partition coefficient (Wildman–Crippen LogP) is 2.66. The zero-order valence-electron chi connectivity index (χ0n) is 9.77. The van der Waals surface area contributed by atoms with Gasteiger partial charge in [-0.2, -0.15) is 0 Å². The Hall–Kier alpha value is -1.43. The summed E-state index contributed by atoms with van der Waals surface area (Å²) < 4.78 is 1.13. The van der Waals surface area contributed by atoms with Crippen LogP contribution in [0.1, 0.15) is 15.9 Å². The van der Waals surface area contributed by atoms with Crippen molar-refractivity contribution in [1.82, 2.24) is 10.3 Å². The second kappa shape index (κ2) is 6.49. The van der Waals surface area contributed by atoms with Crippen LogP contribution in [-0.2, 0) is 6.42 Å². The Morgan fingerprint density at radius 2 is 1.78 bits per heavy atom. The van der Waals surface area contributed by atoms with Crippen molar-refractivity contribution in [3.63, 3.8) is 0 Å². The molecular formula is C14H13IN2O. The average molecular weight is 352 g/mol. The van der Waals surface area contributed by atoms with Gasteiger partial charge in [-0.25, -0.2) is 0 Å². The first-order chi connectivity index (χ1) is 8.75. The number of hydrogen-bond donors (Lipinski definition) is 1. The Morgan fingerprint density at radius 1 is 1.11 bits per heavy atom. The smallest absolute Gasteiger partial charge is 0.251 e. The minimum absolute atomic E-state index is 0.0274. The van der Waals surface area contributed by atoms with Crippen molar-refractivity contribution in [1.29, 1.82) is 0 Å². The molecular weight excluding hydrogens is 339 g/mol. The van der Waals surface area contributed by atoms with Crippen LogP contribution < -0.4 is 5.32 Å². The van der Waals surface area contributed by atoms with Gasteiger partial charge < -0.3 is 5.32 Å². The quantitative estimate of drug-likeness (QED) is 0.860. The van der Waals surface area contributed by atoms with E-state index in [0.717, 1.165) is 9.99 Å². The number of aromatic nitrogens is 1. The molecule has 1 amide bonds. The van der Waals surface area contributed by atoms with Crippen LogP contribution in [0.3, 0.4) is 0 Å². The average Bonchev–Trinajstić information content (AvgIpc) is 2.40. The summed E-state index contributed by atoms with van der Waals surface area (Å²) in [5.74, 6) is -0.0274. The maximum absolute atomic E-state index is 11.8. The number of nitrogens with one attached hydrogen (secondary N) is 1. The van der Waals surface area contributed by atoms with Crippen molar-refractivity contribution in [3.05, 3.63) is 63.5 Å². The minimum Gasteiger partial charge on any atom is -0.352 e. The molecule has 0 spiro atoms. The van der Waals surface area contributed by atoms with Crippen molar-refractivity contribution in [2.24, 2.45) is 0 Å². The maximum atomic E-state index is 11.8. The fraction of sp³-hybridized carbons (Fsp3) is 0.143. The van der Waals surface area contributed by atoms with Crippen molar-refractivity contribution in [3.8, 4) is 0 Å². The van der Waals surface area contributed by atoms with Crippen molar-refractivity contribution < 1.29 is 4.79 Å². The zero-order chi connectivity index (χ0) is 12.8. The van der Waals surface area contributed by atoms with E-state index in [9.17, 15) is 4.79 Å². The molecule has 1 heterocycles. The molecule has 0 saturated carbocycles. The van der Waals surface area contributed by atoms with Crippen molar-refractivity contribution >= 4 is 28.5 Å². The van der Waals surface area contributed by atoms with Crippen LogP contribution in [0.5, 0.6) is 0 Å². The van der Waals surface area contributed by atoms with Gasteiger partial charge in [0.05, 0.1) is 0 Å². The van der Waals surface area contributed by atoms with E-state index in [2.05, 4.69) is 32.9 Å². The van der Waals surface area contributed by atoms with Gasteiger partial charge in [0.25, 0.3) is 5.91 Å². The lowest BCUT2D eigenvalue weighted by molar-refractivity contribution is 0.0954. The molecule has 2 rings (SSSR count). The third-order valence-corrected chi connectivity index (χ3v) is 3.27. The summed E-state index contributed by atoms with van der Waals surface area (Å²) in [4.78, 5) is 15.8. The highest BCUT2D eigenvalue weighted by atomic mass is 127. The maximum Gasteiger partial charge on any atom is 0.251 e. The van der Waals surface area contributed by atoms with E-state index in [1.807, 2.05) is 36.4 Å². The summed E-state index contributed by atoms with van der Waals surface area (Å²) in [6.07, 6.45) is 4.34. The summed E-state index contributed by atoms with van der Waals surface area (Å²) >= 11 is 2.22. The zero-order valence-corrected chi connectivity index (χ0v) is 11.9. The molecule has 0 saturated heterocycles. The van der Waals surface area contributed by atoms with Gasteiger partial charge >= 0.3 is 0 Å². The van der Waals surface area contributed by atoms with Crippen molar-refractivity contribution in [2.75, 3.05) is 6.54 Å². The monoisotopic (exact) mass is 352 g/mol. The SMILES string of the molecule is O=C(NCCc1ccncc1)c1ccc(I)cc1. The van der Waals surface area contributed by atoms with Crippen LogP contribution in [0.25, 0.3) is 0 Å². The third kappa shape index (κ3) is 3.80. The molecule has 0 aliphatic rings. The molecule has 0 aliphatic heterocycles. The number of carbonyl (C=O) groups is 1. The Labute approximate surface area is 120 Å². The Kier molecular flexibility index (Phi) is 4.69. The molecule has 0 unspecified atom stereocenters. The molecule has 3 nitrogen and oxygen atoms in total. The van der Waals surface area contributed by atoms with E-state index >= 15 is 0 Å². The molecule has 2 aromatic rings. The van der Waals surface area contributed by atoms with E-state index in [1.165, 1.54) is 5.56 Å². The minimum atomic E-state index is -0.0274. The van der Waals surface area contributed by atoms with E-state index in [4.69, 9.17) is 0 Å². The second-order valence-corrected chi connectivity index (χ2v) is 5.11. The van der Waals surface area contributed by atoms with E-state index in [0.29, 0.717) is 12.1 Å². The van der Waals surface area contributed by atoms with Gasteiger partial charge in [-0.3, -0.25) is 9.78 Å². The predicted molar refractivity (Wildman–Crippen MR) is 79.4 cm³/mol. The topological polar surface area (TPSA) is 42.0 Å². The molecule has 0 bridgehead atoms. The fourth-order valence-electron chi connectivity index (χ4n) is 1.57. The molecule has 0 fully saturated rings. The molecule has 0 radical (unpaired) electrons. The van der Waals surface area contributed by atoms with Crippen LogP contribution >= 0.6 is 22.6 Å². The highest BCUT2D eigenvalue weighted by Crippen LogP contribution is 2.06. The lowest BCUT2D eigenvalue weighted by Crippen LogP contribution is -2.25. The van der Waals surface area contributed by atoms with Crippen LogP contribution in [0.15, 0.2) is 48.8 Å². The molecule has 1 aromatic carbocycles. The number of benzene rings is 1. The van der Waals surface area contributed by atoms with Gasteiger partial charge in [0.1, 0.15) is 0 Å². The highest BCUT2D eigenvalue weighted by molar-refractivity contribution is 14.1. The Morgan fingerprint density at radius 3 is 2.44 bits per heavy atom. The van der Waals surface area contributed by atoms with Crippen LogP contribution in [0, 0.1) is 3.57 Å². The fourth-order valence-corrected chi connectivity index (χ4v) is 1.93. The van der Waals surface area contributed by atoms with Gasteiger partial charge in [-0.15, -0.1) is 0 Å². The van der Waals surface area contributed by atoms with Gasteiger partial charge in [0.2, 0.25) is 0 Å². The lowest BCUT2D eigenvalue weighted by Gasteiger charge is -2.05. The first-order valence-corrected chi connectivity index (χ1v) is 6.76. The summed E-state index contributed by atoms with van der Waals surface area (Å²) in [6.45, 7) is 0.634. The molecule has 1 aromatic heterocycles. The van der Waals surface area contributed by atoms with Crippen molar-refractivity contribution in [2.45, 2.75) is 6.42 Å². The number of pyridine rings is 1. The molecule has 92 valence electrons. The highest BCUT2D eigenvalue weighted by Gasteiger charge is 2.03. The first-order valence-electron chi connectivity index (χ1n) is 5.68. The standard InChI is InChI=1S/C14H13IN2O/c15-13-3-1-12(2-4-13)14(18)17-10-7-11-5-8-16-9-6-11/h1-6,8-9H,7,10H2,(H,17,18). The largest absolute Gasteiger partial charge is 0.352 e. The summed E-state index contributed by atoms with van der Waals surface area (Å²) in [7, 11) is 0. The summed E-state index contributed by atoms with van der Waals surface area (Å²) in [6, 6.07) is 11.4. The number of halogens is 1. The number of amides is 1. The van der Waals surface area contributed by atoms with Crippen LogP contribution in [0.4, 0.5) is 0 Å². The molecule has 18 heavy (non-hydrogen) atoms. The van der Waals surface area contributed by atoms with Gasteiger partial charge in [0.15, 0.2) is 0 Å². The van der Waals surface area contributed by atoms with Gasteiger partial charge in [-0.05, 0) is 71.0 Å². The normalized spacial score (nSPS) is 10.1. The number of carbonyl (C=O) groups excluding carboxylic acids is 1. The van der Waals surface area contributed by atoms with E-state index in [-0.39, 0.29) is 5.91 Å². The van der Waals surface area contributed by atoms with E-state index in [1.54, 1.807) is 12.4 Å². The third-order valence-electron chi connectivity index (χ3n) is 2.55. The number of rotatable bonds is 4. The number of nitrogens with zero attached hydrogens (tertiary/aromatic N) is 1. The summed E-state index contributed by atoms with van der Waals surface area (Å²) in [5.41, 5.74) is 1.87. The lowest BCUT2D eigenvalue weighted by atomic mass is 10.2. The number of hydrogen-bond acceptors (Lipinski definition) is 2. The second-order valence-electron chi connectivity index (χ2n) is 3.87. The molecule has 4 heteroatoms. The van der Waals surface area contributed by atoms with Crippen LogP contribution in [0.2, 0.25) is 0 Å². The van der Waals surface area contributed by atoms with Gasteiger partial charge in [-0.1, -0.05) is 0 Å². The Balaban J connectivity index is 1.84.